The summed E-state index contributed by atoms with van der Waals surface area (Å²) in [6, 6.07) is 0.266. The van der Waals surface area contributed by atoms with Crippen LogP contribution in [0, 0.1) is 13.8 Å². The number of nitrogens with zero attached hydrogens (tertiary/aromatic N) is 2. The van der Waals surface area contributed by atoms with Crippen LogP contribution in [0.3, 0.4) is 0 Å². The Balaban J connectivity index is 2.20. The first kappa shape index (κ1) is 14.1. The van der Waals surface area contributed by atoms with E-state index in [2.05, 4.69) is 10.2 Å². The van der Waals surface area contributed by atoms with Crippen molar-refractivity contribution in [2.24, 2.45) is 0 Å². The SMILES string of the molecule is Cc1n[nH]c(C)c1C(=O)N(CCO)C1CCCCC1. The lowest BCUT2D eigenvalue weighted by atomic mass is 9.93. The minimum Gasteiger partial charge on any atom is -0.395 e. The summed E-state index contributed by atoms with van der Waals surface area (Å²) in [5.41, 5.74) is 2.21. The van der Waals surface area contributed by atoms with E-state index >= 15 is 0 Å². The van der Waals surface area contributed by atoms with Crippen molar-refractivity contribution in [1.82, 2.24) is 15.1 Å². The zero-order valence-corrected chi connectivity index (χ0v) is 11.8. The molecule has 0 radical (unpaired) electrons. The summed E-state index contributed by atoms with van der Waals surface area (Å²) >= 11 is 0. The molecular weight excluding hydrogens is 242 g/mol. The average Bonchev–Trinajstić information content (AvgIpc) is 2.76. The second-order valence-electron chi connectivity index (χ2n) is 5.32. The Morgan fingerprint density at radius 2 is 2.05 bits per heavy atom. The van der Waals surface area contributed by atoms with Gasteiger partial charge in [0.2, 0.25) is 0 Å². The second kappa shape index (κ2) is 6.19. The molecule has 0 spiro atoms. The van der Waals surface area contributed by atoms with E-state index in [1.807, 2.05) is 18.7 Å². The molecule has 1 aliphatic rings. The standard InChI is InChI=1S/C14H23N3O2/c1-10-13(11(2)16-15-10)14(19)17(8-9-18)12-6-4-3-5-7-12/h12,18H,3-9H2,1-2H3,(H,15,16). The summed E-state index contributed by atoms with van der Waals surface area (Å²) in [6.07, 6.45) is 5.68. The van der Waals surface area contributed by atoms with Crippen molar-refractivity contribution in [3.8, 4) is 0 Å². The maximum absolute atomic E-state index is 12.7. The highest BCUT2D eigenvalue weighted by Crippen LogP contribution is 2.25. The van der Waals surface area contributed by atoms with Crippen LogP contribution in [0.4, 0.5) is 0 Å². The summed E-state index contributed by atoms with van der Waals surface area (Å²) < 4.78 is 0. The molecule has 0 bridgehead atoms. The van der Waals surface area contributed by atoms with Gasteiger partial charge in [0.25, 0.3) is 5.91 Å². The number of rotatable bonds is 4. The van der Waals surface area contributed by atoms with Crippen molar-refractivity contribution < 1.29 is 9.90 Å². The molecule has 1 aromatic rings. The number of carbonyl (C=O) groups is 1. The van der Waals surface area contributed by atoms with Crippen molar-refractivity contribution in [3.63, 3.8) is 0 Å². The van der Waals surface area contributed by atoms with E-state index in [1.54, 1.807) is 0 Å². The van der Waals surface area contributed by atoms with Crippen molar-refractivity contribution in [2.45, 2.75) is 52.0 Å². The summed E-state index contributed by atoms with van der Waals surface area (Å²) in [5.74, 6) is 0.00435. The number of aromatic nitrogens is 2. The van der Waals surface area contributed by atoms with E-state index in [1.165, 1.54) is 19.3 Å². The van der Waals surface area contributed by atoms with Gasteiger partial charge in [0, 0.05) is 18.3 Å². The van der Waals surface area contributed by atoms with Crippen molar-refractivity contribution in [2.75, 3.05) is 13.2 Å². The molecule has 0 unspecified atom stereocenters. The molecule has 1 aromatic heterocycles. The first-order chi connectivity index (χ1) is 9.15. The lowest BCUT2D eigenvalue weighted by Gasteiger charge is -2.34. The van der Waals surface area contributed by atoms with Gasteiger partial charge in [-0.3, -0.25) is 9.89 Å². The van der Waals surface area contributed by atoms with Crippen LogP contribution < -0.4 is 0 Å². The number of amides is 1. The molecule has 1 aliphatic carbocycles. The molecule has 0 saturated heterocycles. The lowest BCUT2D eigenvalue weighted by Crippen LogP contribution is -2.43. The number of aryl methyl sites for hydroxylation is 2. The number of aromatic amines is 1. The smallest absolute Gasteiger partial charge is 0.257 e. The van der Waals surface area contributed by atoms with E-state index in [4.69, 9.17) is 0 Å². The zero-order chi connectivity index (χ0) is 13.8. The van der Waals surface area contributed by atoms with Gasteiger partial charge in [-0.05, 0) is 26.7 Å². The molecule has 2 N–H and O–H groups in total. The van der Waals surface area contributed by atoms with Crippen molar-refractivity contribution in [1.29, 1.82) is 0 Å². The Kier molecular flexibility index (Phi) is 4.58. The molecule has 2 rings (SSSR count). The van der Waals surface area contributed by atoms with Gasteiger partial charge in [-0.2, -0.15) is 5.10 Å². The van der Waals surface area contributed by atoms with Crippen molar-refractivity contribution in [3.05, 3.63) is 17.0 Å². The highest BCUT2D eigenvalue weighted by Gasteiger charge is 2.28. The largest absolute Gasteiger partial charge is 0.395 e. The Labute approximate surface area is 114 Å². The molecular formula is C14H23N3O2. The van der Waals surface area contributed by atoms with Gasteiger partial charge in [-0.15, -0.1) is 0 Å². The lowest BCUT2D eigenvalue weighted by molar-refractivity contribution is 0.0584. The van der Waals surface area contributed by atoms with E-state index in [9.17, 15) is 9.90 Å². The first-order valence-corrected chi connectivity index (χ1v) is 7.08. The van der Waals surface area contributed by atoms with Crippen LogP contribution in [-0.2, 0) is 0 Å². The first-order valence-electron chi connectivity index (χ1n) is 7.08. The number of hydrogen-bond donors (Lipinski definition) is 2. The predicted molar refractivity (Wildman–Crippen MR) is 73.1 cm³/mol. The van der Waals surface area contributed by atoms with Gasteiger partial charge in [-0.1, -0.05) is 19.3 Å². The molecule has 19 heavy (non-hydrogen) atoms. The van der Waals surface area contributed by atoms with Gasteiger partial charge in [0.05, 0.1) is 17.9 Å². The Morgan fingerprint density at radius 3 is 2.58 bits per heavy atom. The number of aliphatic hydroxyl groups is 1. The van der Waals surface area contributed by atoms with Gasteiger partial charge in [0.1, 0.15) is 0 Å². The summed E-state index contributed by atoms with van der Waals surface area (Å²) in [7, 11) is 0. The van der Waals surface area contributed by atoms with Crippen LogP contribution in [0.5, 0.6) is 0 Å². The molecule has 5 heteroatoms. The number of nitrogens with one attached hydrogen (secondary N) is 1. The van der Waals surface area contributed by atoms with Gasteiger partial charge in [-0.25, -0.2) is 0 Å². The molecule has 1 saturated carbocycles. The quantitative estimate of drug-likeness (QED) is 0.872. The van der Waals surface area contributed by atoms with Gasteiger partial charge >= 0.3 is 0 Å². The van der Waals surface area contributed by atoms with Crippen LogP contribution >= 0.6 is 0 Å². The third-order valence-corrected chi connectivity index (χ3v) is 3.96. The third-order valence-electron chi connectivity index (χ3n) is 3.96. The normalized spacial score (nSPS) is 16.6. The summed E-state index contributed by atoms with van der Waals surface area (Å²) in [5, 5.41) is 16.2. The Hall–Kier alpha value is -1.36. The molecule has 1 amide bonds. The number of aliphatic hydroxyl groups excluding tert-OH is 1. The fourth-order valence-electron chi connectivity index (χ4n) is 2.96. The highest BCUT2D eigenvalue weighted by atomic mass is 16.3. The van der Waals surface area contributed by atoms with E-state index in [0.717, 1.165) is 24.2 Å². The topological polar surface area (TPSA) is 69.2 Å². The summed E-state index contributed by atoms with van der Waals surface area (Å²) in [4.78, 5) is 14.5. The van der Waals surface area contributed by atoms with Gasteiger partial charge < -0.3 is 10.0 Å². The number of carbonyl (C=O) groups excluding carboxylic acids is 1. The zero-order valence-electron chi connectivity index (χ0n) is 11.8. The molecule has 0 aliphatic heterocycles. The Bertz CT molecular complexity index is 416. The van der Waals surface area contributed by atoms with E-state index < -0.39 is 0 Å². The second-order valence-corrected chi connectivity index (χ2v) is 5.32. The molecule has 1 heterocycles. The monoisotopic (exact) mass is 265 g/mol. The number of hydrogen-bond acceptors (Lipinski definition) is 3. The maximum atomic E-state index is 12.7. The Morgan fingerprint density at radius 1 is 1.37 bits per heavy atom. The average molecular weight is 265 g/mol. The minimum absolute atomic E-state index is 0.00435. The summed E-state index contributed by atoms with van der Waals surface area (Å²) in [6.45, 7) is 4.13. The van der Waals surface area contributed by atoms with Crippen LogP contribution in [0.15, 0.2) is 0 Å². The molecule has 106 valence electrons. The van der Waals surface area contributed by atoms with E-state index in [-0.39, 0.29) is 18.6 Å². The van der Waals surface area contributed by atoms with Crippen LogP contribution in [0.2, 0.25) is 0 Å². The van der Waals surface area contributed by atoms with Crippen LogP contribution in [-0.4, -0.2) is 45.3 Å². The third kappa shape index (κ3) is 2.97. The van der Waals surface area contributed by atoms with Crippen LogP contribution in [0.25, 0.3) is 0 Å². The fourth-order valence-corrected chi connectivity index (χ4v) is 2.96. The molecule has 5 nitrogen and oxygen atoms in total. The highest BCUT2D eigenvalue weighted by molar-refractivity contribution is 5.96. The number of H-pyrrole nitrogens is 1. The van der Waals surface area contributed by atoms with Crippen LogP contribution in [0.1, 0.15) is 53.8 Å². The maximum Gasteiger partial charge on any atom is 0.257 e. The molecule has 1 fully saturated rings. The van der Waals surface area contributed by atoms with E-state index in [0.29, 0.717) is 12.1 Å². The molecule has 0 aromatic carbocycles. The van der Waals surface area contributed by atoms with Gasteiger partial charge in [0.15, 0.2) is 0 Å². The predicted octanol–water partition coefficient (Wildman–Crippen LogP) is 1.79. The van der Waals surface area contributed by atoms with Crippen molar-refractivity contribution >= 4 is 5.91 Å². The minimum atomic E-state index is 0.00435. The molecule has 0 atom stereocenters. The fraction of sp³-hybridized carbons (Fsp3) is 0.714.